The lowest BCUT2D eigenvalue weighted by Crippen LogP contribution is -2.40. The minimum Gasteiger partial charge on any atom is -0.330 e. The molecule has 0 radical (unpaired) electrons. The zero-order valence-corrected chi connectivity index (χ0v) is 13.0. The molecule has 0 spiro atoms. The van der Waals surface area contributed by atoms with Crippen molar-refractivity contribution >= 4 is 12.4 Å². The number of hydrogen-bond acceptors (Lipinski definition) is 4. The molecule has 0 aliphatic carbocycles. The normalized spacial score (nSPS) is 22.8. The molecule has 1 aliphatic rings. The summed E-state index contributed by atoms with van der Waals surface area (Å²) in [5, 5.41) is 0. The highest BCUT2D eigenvalue weighted by Gasteiger charge is 2.28. The van der Waals surface area contributed by atoms with Crippen molar-refractivity contribution in [3.05, 3.63) is 32.6 Å². The topological polar surface area (TPSA) is 73.3 Å². The Bertz CT molecular complexity index is 581. The van der Waals surface area contributed by atoms with Gasteiger partial charge in [-0.1, -0.05) is 0 Å². The Morgan fingerprint density at radius 1 is 1.30 bits per heavy atom. The molecule has 0 saturated carbocycles. The number of nitrogens with two attached hydrogens (primary N) is 1. The van der Waals surface area contributed by atoms with E-state index in [9.17, 15) is 9.59 Å². The number of halogens is 1. The molecule has 2 rings (SSSR count). The second kappa shape index (κ2) is 6.56. The third kappa shape index (κ3) is 3.13. The molecule has 0 bridgehead atoms. The molecule has 20 heavy (non-hydrogen) atoms. The summed E-state index contributed by atoms with van der Waals surface area (Å²) in [5.41, 5.74) is 5.95. The zero-order chi connectivity index (χ0) is 14.2. The van der Waals surface area contributed by atoms with E-state index in [0.717, 1.165) is 23.2 Å². The Hall–Kier alpha value is -1.11. The molecule has 1 aromatic heterocycles. The van der Waals surface area contributed by atoms with Gasteiger partial charge in [0.15, 0.2) is 0 Å². The van der Waals surface area contributed by atoms with Crippen LogP contribution >= 0.6 is 12.4 Å². The zero-order valence-electron chi connectivity index (χ0n) is 12.2. The summed E-state index contributed by atoms with van der Waals surface area (Å²) in [6, 6.07) is 1.98. The lowest BCUT2D eigenvalue weighted by atomic mass is 10.1. The van der Waals surface area contributed by atoms with Crippen molar-refractivity contribution in [3.8, 4) is 0 Å². The van der Waals surface area contributed by atoms with E-state index in [2.05, 4.69) is 11.8 Å². The quantitative estimate of drug-likeness (QED) is 0.830. The van der Waals surface area contributed by atoms with Crippen LogP contribution in [0.2, 0.25) is 0 Å². The van der Waals surface area contributed by atoms with E-state index < -0.39 is 0 Å². The van der Waals surface area contributed by atoms with Crippen LogP contribution in [0.25, 0.3) is 0 Å². The standard InChI is InChI=1S/C13H22N4O2.ClH/c1-9-4-10(6-14)7-17(9)8-11-5-12(18)16(3)13(19)15(11)2;/h5,9-10H,4,6-8,14H2,1-3H3;1H. The van der Waals surface area contributed by atoms with Crippen LogP contribution in [0.4, 0.5) is 0 Å². The molecule has 1 aliphatic heterocycles. The van der Waals surface area contributed by atoms with Gasteiger partial charge in [-0.2, -0.15) is 0 Å². The molecule has 7 heteroatoms. The van der Waals surface area contributed by atoms with Crippen LogP contribution in [0.1, 0.15) is 19.0 Å². The predicted octanol–water partition coefficient (Wildman–Crippen LogP) is -0.325. The summed E-state index contributed by atoms with van der Waals surface area (Å²) in [5.74, 6) is 0.513. The van der Waals surface area contributed by atoms with Gasteiger partial charge in [-0.3, -0.25) is 18.8 Å². The summed E-state index contributed by atoms with van der Waals surface area (Å²) in [4.78, 5) is 25.9. The van der Waals surface area contributed by atoms with Gasteiger partial charge in [-0.25, -0.2) is 4.79 Å². The Morgan fingerprint density at radius 2 is 1.95 bits per heavy atom. The number of nitrogens with zero attached hydrogens (tertiary/aromatic N) is 3. The molecule has 0 aromatic carbocycles. The summed E-state index contributed by atoms with van der Waals surface area (Å²) in [7, 11) is 3.20. The summed E-state index contributed by atoms with van der Waals surface area (Å²) >= 11 is 0. The fraction of sp³-hybridized carbons (Fsp3) is 0.692. The average molecular weight is 303 g/mol. The van der Waals surface area contributed by atoms with Gasteiger partial charge in [0.2, 0.25) is 0 Å². The molecular weight excluding hydrogens is 280 g/mol. The lowest BCUT2D eigenvalue weighted by Gasteiger charge is -2.22. The van der Waals surface area contributed by atoms with E-state index >= 15 is 0 Å². The van der Waals surface area contributed by atoms with E-state index in [0.29, 0.717) is 25.0 Å². The van der Waals surface area contributed by atoms with Crippen LogP contribution in [0.15, 0.2) is 15.7 Å². The molecule has 2 unspecified atom stereocenters. The smallest absolute Gasteiger partial charge is 0.330 e. The summed E-state index contributed by atoms with van der Waals surface area (Å²) < 4.78 is 2.67. The lowest BCUT2D eigenvalue weighted by molar-refractivity contribution is 0.248. The van der Waals surface area contributed by atoms with Crippen molar-refractivity contribution in [1.82, 2.24) is 14.0 Å². The molecule has 1 fully saturated rings. The molecule has 114 valence electrons. The van der Waals surface area contributed by atoms with Gasteiger partial charge < -0.3 is 5.73 Å². The average Bonchev–Trinajstić information content (AvgIpc) is 2.74. The number of rotatable bonds is 3. The van der Waals surface area contributed by atoms with Gasteiger partial charge in [0.25, 0.3) is 5.56 Å². The first-order valence-electron chi connectivity index (χ1n) is 6.64. The van der Waals surface area contributed by atoms with E-state index in [4.69, 9.17) is 5.73 Å². The van der Waals surface area contributed by atoms with Gasteiger partial charge in [-0.05, 0) is 25.8 Å². The summed E-state index contributed by atoms with van der Waals surface area (Å²) in [6.45, 7) is 4.41. The SMILES string of the molecule is CC1CC(CN)CN1Cc1cc(=O)n(C)c(=O)n1C.Cl. The molecule has 1 saturated heterocycles. The van der Waals surface area contributed by atoms with Crippen LogP contribution in [-0.2, 0) is 20.6 Å². The van der Waals surface area contributed by atoms with Crippen LogP contribution in [0, 0.1) is 5.92 Å². The first-order chi connectivity index (χ1) is 8.93. The van der Waals surface area contributed by atoms with Crippen LogP contribution in [-0.4, -0.2) is 33.2 Å². The van der Waals surface area contributed by atoms with Gasteiger partial charge in [0.1, 0.15) is 0 Å². The van der Waals surface area contributed by atoms with Gasteiger partial charge >= 0.3 is 5.69 Å². The number of hydrogen-bond donors (Lipinski definition) is 1. The van der Waals surface area contributed by atoms with Crippen LogP contribution in [0.5, 0.6) is 0 Å². The van der Waals surface area contributed by atoms with Gasteiger partial charge in [0.05, 0.1) is 0 Å². The van der Waals surface area contributed by atoms with E-state index in [1.54, 1.807) is 17.7 Å². The Morgan fingerprint density at radius 3 is 2.50 bits per heavy atom. The third-order valence-electron chi connectivity index (χ3n) is 4.11. The Kier molecular flexibility index (Phi) is 5.56. The van der Waals surface area contributed by atoms with E-state index in [-0.39, 0.29) is 23.7 Å². The number of aromatic nitrogens is 2. The molecule has 0 amide bonds. The fourth-order valence-electron chi connectivity index (χ4n) is 2.75. The van der Waals surface area contributed by atoms with Crippen LogP contribution < -0.4 is 17.0 Å². The maximum absolute atomic E-state index is 11.9. The second-order valence-corrected chi connectivity index (χ2v) is 5.49. The predicted molar refractivity (Wildman–Crippen MR) is 81.2 cm³/mol. The maximum atomic E-state index is 11.9. The highest BCUT2D eigenvalue weighted by Crippen LogP contribution is 2.23. The highest BCUT2D eigenvalue weighted by molar-refractivity contribution is 5.85. The Labute approximate surface area is 124 Å². The highest BCUT2D eigenvalue weighted by atomic mass is 35.5. The molecule has 2 heterocycles. The van der Waals surface area contributed by atoms with Crippen molar-refractivity contribution in [2.75, 3.05) is 13.1 Å². The molecule has 2 N–H and O–H groups in total. The summed E-state index contributed by atoms with van der Waals surface area (Å²) in [6.07, 6.45) is 1.08. The van der Waals surface area contributed by atoms with Gasteiger partial charge in [-0.15, -0.1) is 12.4 Å². The van der Waals surface area contributed by atoms with E-state index in [1.807, 2.05) is 0 Å². The molecule has 2 atom stereocenters. The molecular formula is C13H23ClN4O2. The first kappa shape index (κ1) is 16.9. The third-order valence-corrected chi connectivity index (χ3v) is 4.11. The molecule has 1 aromatic rings. The van der Waals surface area contributed by atoms with Crippen LogP contribution in [0.3, 0.4) is 0 Å². The van der Waals surface area contributed by atoms with E-state index in [1.165, 1.54) is 7.05 Å². The molecule has 6 nitrogen and oxygen atoms in total. The van der Waals surface area contributed by atoms with Crippen molar-refractivity contribution in [1.29, 1.82) is 0 Å². The second-order valence-electron chi connectivity index (χ2n) is 5.49. The largest absolute Gasteiger partial charge is 0.330 e. The maximum Gasteiger partial charge on any atom is 0.330 e. The van der Waals surface area contributed by atoms with Crippen molar-refractivity contribution in [3.63, 3.8) is 0 Å². The van der Waals surface area contributed by atoms with Crippen molar-refractivity contribution in [2.45, 2.75) is 25.9 Å². The minimum atomic E-state index is -0.273. The monoisotopic (exact) mass is 302 g/mol. The van der Waals surface area contributed by atoms with Gasteiger partial charge in [0, 0.05) is 45.0 Å². The van der Waals surface area contributed by atoms with Crippen molar-refractivity contribution < 1.29 is 0 Å². The number of likely N-dealkylation sites (tertiary alicyclic amines) is 1. The Balaban J connectivity index is 0.00000200. The minimum absolute atomic E-state index is 0. The fourth-order valence-corrected chi connectivity index (χ4v) is 2.75. The first-order valence-corrected chi connectivity index (χ1v) is 6.64. The van der Waals surface area contributed by atoms with Crippen molar-refractivity contribution in [2.24, 2.45) is 25.7 Å².